The molecule has 0 bridgehead atoms. The topological polar surface area (TPSA) is 57.6 Å². The Morgan fingerprint density at radius 2 is 2.05 bits per heavy atom. The first-order valence-electron chi connectivity index (χ1n) is 6.34. The van der Waals surface area contributed by atoms with Gasteiger partial charge in [-0.15, -0.1) is 11.8 Å². The molecule has 4 nitrogen and oxygen atoms in total. The van der Waals surface area contributed by atoms with Crippen molar-refractivity contribution in [1.29, 1.82) is 0 Å². The van der Waals surface area contributed by atoms with E-state index in [0.717, 1.165) is 11.8 Å². The molecule has 1 aromatic carbocycles. The minimum Gasteiger partial charge on any atom is -0.480 e. The minimum absolute atomic E-state index is 0.0263. The molecular weight excluding hydrogens is 281 g/mol. The van der Waals surface area contributed by atoms with E-state index in [2.05, 4.69) is 0 Å². The fourth-order valence-corrected chi connectivity index (χ4v) is 2.47. The number of nitrogens with zero attached hydrogens (tertiary/aromatic N) is 1. The van der Waals surface area contributed by atoms with Gasteiger partial charge in [-0.25, -0.2) is 4.39 Å². The number of aliphatic carboxylic acids is 1. The smallest absolute Gasteiger partial charge is 0.323 e. The molecule has 0 aliphatic heterocycles. The number of halogens is 1. The number of thioether (sulfide) groups is 1. The van der Waals surface area contributed by atoms with Crippen LogP contribution in [0.3, 0.4) is 0 Å². The second kappa shape index (κ2) is 7.89. The Bertz CT molecular complexity index is 481. The number of benzene rings is 1. The van der Waals surface area contributed by atoms with Gasteiger partial charge in [0, 0.05) is 10.9 Å². The summed E-state index contributed by atoms with van der Waals surface area (Å²) in [6.07, 6.45) is 0.670. The highest BCUT2D eigenvalue weighted by Crippen LogP contribution is 2.22. The average Bonchev–Trinajstić information content (AvgIpc) is 2.42. The van der Waals surface area contributed by atoms with E-state index < -0.39 is 5.97 Å². The lowest BCUT2D eigenvalue weighted by molar-refractivity contribution is -0.144. The van der Waals surface area contributed by atoms with Crippen LogP contribution >= 0.6 is 11.8 Å². The Hall–Kier alpha value is -1.56. The van der Waals surface area contributed by atoms with Gasteiger partial charge in [0.05, 0.1) is 5.75 Å². The van der Waals surface area contributed by atoms with Crippen molar-refractivity contribution in [3.63, 3.8) is 0 Å². The van der Waals surface area contributed by atoms with E-state index in [-0.39, 0.29) is 30.1 Å². The number of carboxylic acid groups (broad SMARTS) is 1. The predicted molar refractivity (Wildman–Crippen MR) is 76.2 cm³/mol. The third-order valence-corrected chi connectivity index (χ3v) is 3.97. The lowest BCUT2D eigenvalue weighted by Gasteiger charge is -2.26. The maximum Gasteiger partial charge on any atom is 0.323 e. The Labute approximate surface area is 122 Å². The fraction of sp³-hybridized carbons (Fsp3) is 0.429. The normalized spacial score (nSPS) is 11.9. The largest absolute Gasteiger partial charge is 0.480 e. The first kappa shape index (κ1) is 16.5. The summed E-state index contributed by atoms with van der Waals surface area (Å²) in [6, 6.07) is 6.05. The van der Waals surface area contributed by atoms with Gasteiger partial charge in [-0.05, 0) is 25.5 Å². The maximum atomic E-state index is 13.4. The molecule has 0 aliphatic carbocycles. The molecule has 0 radical (unpaired) electrons. The summed E-state index contributed by atoms with van der Waals surface area (Å²) in [5.74, 6) is -1.69. The Morgan fingerprint density at radius 3 is 2.60 bits per heavy atom. The van der Waals surface area contributed by atoms with Crippen molar-refractivity contribution in [3.05, 3.63) is 30.1 Å². The van der Waals surface area contributed by atoms with Crippen molar-refractivity contribution in [1.82, 2.24) is 4.90 Å². The van der Waals surface area contributed by atoms with Crippen LogP contribution in [0, 0.1) is 5.82 Å². The monoisotopic (exact) mass is 299 g/mol. The quantitative estimate of drug-likeness (QED) is 0.786. The lowest BCUT2D eigenvalue weighted by atomic mass is 10.2. The van der Waals surface area contributed by atoms with Crippen LogP contribution in [-0.2, 0) is 9.59 Å². The summed E-state index contributed by atoms with van der Waals surface area (Å²) >= 11 is 1.08. The summed E-state index contributed by atoms with van der Waals surface area (Å²) in [7, 11) is 0. The summed E-state index contributed by atoms with van der Waals surface area (Å²) in [6.45, 7) is 3.36. The highest BCUT2D eigenvalue weighted by Gasteiger charge is 2.21. The van der Waals surface area contributed by atoms with Crippen LogP contribution in [-0.4, -0.2) is 40.2 Å². The molecule has 20 heavy (non-hydrogen) atoms. The molecule has 1 rings (SSSR count). The molecule has 0 spiro atoms. The van der Waals surface area contributed by atoms with E-state index in [1.54, 1.807) is 25.1 Å². The molecule has 1 atom stereocenters. The maximum absolute atomic E-state index is 13.4. The molecule has 0 aromatic heterocycles. The van der Waals surface area contributed by atoms with Crippen LogP contribution < -0.4 is 0 Å². The third kappa shape index (κ3) is 4.85. The number of amides is 1. The van der Waals surface area contributed by atoms with Crippen molar-refractivity contribution in [3.8, 4) is 0 Å². The highest BCUT2D eigenvalue weighted by molar-refractivity contribution is 8.00. The van der Waals surface area contributed by atoms with Gasteiger partial charge in [0.1, 0.15) is 12.4 Å². The molecule has 0 saturated carbocycles. The van der Waals surface area contributed by atoms with Gasteiger partial charge in [0.25, 0.3) is 0 Å². The first-order chi connectivity index (χ1) is 9.45. The van der Waals surface area contributed by atoms with Gasteiger partial charge >= 0.3 is 5.97 Å². The summed E-state index contributed by atoms with van der Waals surface area (Å²) in [5.41, 5.74) is 0. The molecule has 6 heteroatoms. The van der Waals surface area contributed by atoms with Gasteiger partial charge in [-0.2, -0.15) is 0 Å². The molecule has 1 N–H and O–H groups in total. The van der Waals surface area contributed by atoms with E-state index in [1.807, 2.05) is 6.92 Å². The van der Waals surface area contributed by atoms with E-state index in [1.165, 1.54) is 11.0 Å². The first-order valence-corrected chi connectivity index (χ1v) is 7.32. The fourth-order valence-electron chi connectivity index (χ4n) is 1.64. The molecule has 1 unspecified atom stereocenters. The number of carboxylic acids is 1. The van der Waals surface area contributed by atoms with Crippen molar-refractivity contribution in [2.45, 2.75) is 31.2 Å². The van der Waals surface area contributed by atoms with E-state index in [4.69, 9.17) is 5.11 Å². The third-order valence-electron chi connectivity index (χ3n) is 2.94. The minimum atomic E-state index is -1.05. The van der Waals surface area contributed by atoms with Gasteiger partial charge in [-0.1, -0.05) is 19.1 Å². The number of carbonyl (C=O) groups excluding carboxylic acids is 1. The van der Waals surface area contributed by atoms with E-state index in [0.29, 0.717) is 11.3 Å². The van der Waals surface area contributed by atoms with Crippen molar-refractivity contribution in [2.24, 2.45) is 0 Å². The van der Waals surface area contributed by atoms with Crippen LogP contribution in [0.4, 0.5) is 4.39 Å². The SMILES string of the molecule is CCC(C)N(CC(=O)O)C(=O)CSc1ccccc1F. The van der Waals surface area contributed by atoms with Crippen LogP contribution in [0.25, 0.3) is 0 Å². The van der Waals surface area contributed by atoms with Gasteiger partial charge in [-0.3, -0.25) is 9.59 Å². The van der Waals surface area contributed by atoms with Crippen LogP contribution in [0.5, 0.6) is 0 Å². The van der Waals surface area contributed by atoms with Crippen molar-refractivity contribution >= 4 is 23.6 Å². The average molecular weight is 299 g/mol. The second-order valence-electron chi connectivity index (χ2n) is 4.39. The van der Waals surface area contributed by atoms with Crippen LogP contribution in [0.2, 0.25) is 0 Å². The molecule has 0 heterocycles. The van der Waals surface area contributed by atoms with Crippen LogP contribution in [0.15, 0.2) is 29.2 Å². The zero-order valence-corrected chi connectivity index (χ0v) is 12.3. The molecular formula is C14H18FNO3S. The van der Waals surface area contributed by atoms with E-state index in [9.17, 15) is 14.0 Å². The number of carbonyl (C=O) groups is 2. The van der Waals surface area contributed by atoms with Crippen molar-refractivity contribution < 1.29 is 19.1 Å². The zero-order valence-electron chi connectivity index (χ0n) is 11.5. The number of hydrogen-bond donors (Lipinski definition) is 1. The summed E-state index contributed by atoms with van der Waals surface area (Å²) in [4.78, 5) is 24.6. The Kier molecular flexibility index (Phi) is 6.51. The van der Waals surface area contributed by atoms with Gasteiger partial charge in [0.15, 0.2) is 0 Å². The molecule has 110 valence electrons. The van der Waals surface area contributed by atoms with E-state index >= 15 is 0 Å². The summed E-state index contributed by atoms with van der Waals surface area (Å²) < 4.78 is 13.4. The van der Waals surface area contributed by atoms with Gasteiger partial charge in [0.2, 0.25) is 5.91 Å². The van der Waals surface area contributed by atoms with Gasteiger partial charge < -0.3 is 10.0 Å². The molecule has 0 aliphatic rings. The van der Waals surface area contributed by atoms with Crippen molar-refractivity contribution in [2.75, 3.05) is 12.3 Å². The Balaban J connectivity index is 2.67. The Morgan fingerprint density at radius 1 is 1.40 bits per heavy atom. The highest BCUT2D eigenvalue weighted by atomic mass is 32.2. The number of rotatable bonds is 7. The number of hydrogen-bond acceptors (Lipinski definition) is 3. The molecule has 0 saturated heterocycles. The standard InChI is InChI=1S/C14H18FNO3S/c1-3-10(2)16(8-14(18)19)13(17)9-20-12-7-5-4-6-11(12)15/h4-7,10H,3,8-9H2,1-2H3,(H,18,19). The molecule has 1 amide bonds. The lowest BCUT2D eigenvalue weighted by Crippen LogP contribution is -2.42. The zero-order chi connectivity index (χ0) is 15.1. The second-order valence-corrected chi connectivity index (χ2v) is 5.41. The molecule has 1 aromatic rings. The predicted octanol–water partition coefficient (Wildman–Crippen LogP) is 2.63. The summed E-state index contributed by atoms with van der Waals surface area (Å²) in [5, 5.41) is 8.85. The van der Waals surface area contributed by atoms with Crippen LogP contribution in [0.1, 0.15) is 20.3 Å². The molecule has 0 fully saturated rings.